The minimum absolute atomic E-state index is 0.0790. The number of aryl methyl sites for hydroxylation is 1. The van der Waals surface area contributed by atoms with Crippen molar-refractivity contribution in [1.82, 2.24) is 9.88 Å². The molecule has 1 aliphatic heterocycles. The molecule has 4 nitrogen and oxygen atoms in total. The third-order valence-electron chi connectivity index (χ3n) is 6.41. The second-order valence-electron chi connectivity index (χ2n) is 8.06. The first-order valence-corrected chi connectivity index (χ1v) is 10.4. The lowest BCUT2D eigenvalue weighted by Gasteiger charge is -2.31. The van der Waals surface area contributed by atoms with Crippen molar-refractivity contribution in [3.05, 3.63) is 71.4 Å². The number of nitrogens with one attached hydrogen (secondary N) is 1. The van der Waals surface area contributed by atoms with E-state index >= 15 is 0 Å². The van der Waals surface area contributed by atoms with E-state index in [1.54, 1.807) is 7.11 Å². The Morgan fingerprint density at radius 2 is 2.00 bits per heavy atom. The summed E-state index contributed by atoms with van der Waals surface area (Å²) in [5.74, 6) is 1.25. The van der Waals surface area contributed by atoms with Gasteiger partial charge in [0.1, 0.15) is 5.75 Å². The third-order valence-corrected chi connectivity index (χ3v) is 6.41. The van der Waals surface area contributed by atoms with E-state index in [4.69, 9.17) is 4.74 Å². The maximum Gasteiger partial charge on any atom is 0.226 e. The van der Waals surface area contributed by atoms with Gasteiger partial charge < -0.3 is 14.6 Å². The monoisotopic (exact) mass is 386 g/mol. The van der Waals surface area contributed by atoms with Gasteiger partial charge in [0, 0.05) is 41.7 Å². The Morgan fingerprint density at radius 3 is 2.76 bits per heavy atom. The van der Waals surface area contributed by atoms with Crippen LogP contribution in [0.2, 0.25) is 0 Å². The molecule has 3 aromatic rings. The number of carbonyl (C=O) groups is 1. The lowest BCUT2D eigenvalue weighted by Crippen LogP contribution is -2.40. The molecule has 1 aliphatic carbocycles. The molecule has 1 atom stereocenters. The van der Waals surface area contributed by atoms with Crippen molar-refractivity contribution in [3.63, 3.8) is 0 Å². The number of H-pyrrole nitrogens is 1. The van der Waals surface area contributed by atoms with Crippen LogP contribution in [0.4, 0.5) is 0 Å². The fourth-order valence-electron chi connectivity index (χ4n) is 4.78. The number of aromatic nitrogens is 1. The summed E-state index contributed by atoms with van der Waals surface area (Å²) in [6.07, 6.45) is 5.83. The first-order valence-electron chi connectivity index (χ1n) is 10.4. The van der Waals surface area contributed by atoms with Gasteiger partial charge in [0.2, 0.25) is 5.91 Å². The molecular weight excluding hydrogens is 360 g/mol. The number of amides is 1. The van der Waals surface area contributed by atoms with Crippen LogP contribution < -0.4 is 4.74 Å². The fourth-order valence-corrected chi connectivity index (χ4v) is 4.78. The van der Waals surface area contributed by atoms with E-state index in [1.807, 2.05) is 23.1 Å². The maximum absolute atomic E-state index is 13.2. The second kappa shape index (κ2) is 7.43. The molecule has 0 fully saturated rings. The standard InChI is InChI=1S/C25H26N2O2/c1-29-20-8-9-21-22-15-19(7-10-23(22)26-24(21)16-20)25(28)27-13-11-18(12-14-27)17-5-3-2-4-6-17/h2-6,8-9,11,16,19,26H,7,10,12-15H2,1H3. The van der Waals surface area contributed by atoms with E-state index in [-0.39, 0.29) is 5.92 Å². The third kappa shape index (κ3) is 3.33. The number of ether oxygens (including phenoxy) is 1. The predicted octanol–water partition coefficient (Wildman–Crippen LogP) is 4.60. The number of fused-ring (bicyclic) bond motifs is 3. The van der Waals surface area contributed by atoms with Crippen molar-refractivity contribution in [2.75, 3.05) is 20.2 Å². The van der Waals surface area contributed by atoms with Crippen molar-refractivity contribution >= 4 is 22.4 Å². The second-order valence-corrected chi connectivity index (χ2v) is 8.06. The van der Waals surface area contributed by atoms with Crippen molar-refractivity contribution in [2.45, 2.75) is 25.7 Å². The molecule has 1 amide bonds. The molecule has 5 rings (SSSR count). The van der Waals surface area contributed by atoms with Crippen LogP contribution in [-0.2, 0) is 17.6 Å². The average molecular weight is 386 g/mol. The number of aromatic amines is 1. The summed E-state index contributed by atoms with van der Waals surface area (Å²) < 4.78 is 5.35. The van der Waals surface area contributed by atoms with E-state index in [2.05, 4.69) is 41.4 Å². The molecule has 0 bridgehead atoms. The van der Waals surface area contributed by atoms with Crippen molar-refractivity contribution in [1.29, 1.82) is 0 Å². The van der Waals surface area contributed by atoms with Gasteiger partial charge in [0.25, 0.3) is 0 Å². The summed E-state index contributed by atoms with van der Waals surface area (Å²) in [5.41, 5.74) is 6.32. The molecule has 4 heteroatoms. The zero-order valence-electron chi connectivity index (χ0n) is 16.8. The van der Waals surface area contributed by atoms with Crippen LogP contribution in [0.1, 0.15) is 29.7 Å². The Bertz CT molecular complexity index is 1080. The smallest absolute Gasteiger partial charge is 0.226 e. The van der Waals surface area contributed by atoms with Gasteiger partial charge in [0.15, 0.2) is 0 Å². The molecule has 1 unspecified atom stereocenters. The largest absolute Gasteiger partial charge is 0.497 e. The van der Waals surface area contributed by atoms with Gasteiger partial charge in [-0.25, -0.2) is 0 Å². The number of benzene rings is 2. The van der Waals surface area contributed by atoms with Crippen molar-refractivity contribution in [3.8, 4) is 5.75 Å². The number of hydrogen-bond donors (Lipinski definition) is 1. The number of carbonyl (C=O) groups excluding carboxylic acids is 1. The lowest BCUT2D eigenvalue weighted by molar-refractivity contribution is -0.135. The molecule has 2 aliphatic rings. The first kappa shape index (κ1) is 18.0. The molecule has 0 saturated carbocycles. The summed E-state index contributed by atoms with van der Waals surface area (Å²) >= 11 is 0. The molecule has 1 aromatic heterocycles. The topological polar surface area (TPSA) is 45.3 Å². The molecule has 2 heterocycles. The zero-order chi connectivity index (χ0) is 19.8. The minimum Gasteiger partial charge on any atom is -0.497 e. The highest BCUT2D eigenvalue weighted by atomic mass is 16.5. The van der Waals surface area contributed by atoms with E-state index in [1.165, 1.54) is 27.8 Å². The SMILES string of the molecule is COc1ccc2c3c([nH]c2c1)CCC(C(=O)N1CC=C(c2ccccc2)CC1)C3. The molecule has 2 aromatic carbocycles. The highest BCUT2D eigenvalue weighted by molar-refractivity contribution is 5.88. The summed E-state index contributed by atoms with van der Waals surface area (Å²) in [7, 11) is 1.69. The van der Waals surface area contributed by atoms with Gasteiger partial charge in [-0.05, 0) is 54.5 Å². The van der Waals surface area contributed by atoms with Gasteiger partial charge in [-0.3, -0.25) is 4.79 Å². The normalized spacial score (nSPS) is 19.0. The average Bonchev–Trinajstić information content (AvgIpc) is 3.16. The Balaban J connectivity index is 1.32. The number of methoxy groups -OCH3 is 1. The first-order chi connectivity index (χ1) is 14.2. The predicted molar refractivity (Wildman–Crippen MR) is 116 cm³/mol. The highest BCUT2D eigenvalue weighted by Gasteiger charge is 2.31. The molecule has 148 valence electrons. The summed E-state index contributed by atoms with van der Waals surface area (Å²) in [6.45, 7) is 1.53. The lowest BCUT2D eigenvalue weighted by atomic mass is 9.85. The quantitative estimate of drug-likeness (QED) is 0.715. The van der Waals surface area contributed by atoms with Crippen LogP contribution in [-0.4, -0.2) is 36.0 Å². The van der Waals surface area contributed by atoms with Gasteiger partial charge in [-0.2, -0.15) is 0 Å². The minimum atomic E-state index is 0.0790. The Labute approximate surface area is 171 Å². The fraction of sp³-hybridized carbons (Fsp3) is 0.320. The van der Waals surface area contributed by atoms with Crippen LogP contribution in [0.25, 0.3) is 16.5 Å². The van der Waals surface area contributed by atoms with Crippen LogP contribution in [0.3, 0.4) is 0 Å². The molecule has 1 N–H and O–H groups in total. The van der Waals surface area contributed by atoms with Crippen molar-refractivity contribution in [2.24, 2.45) is 5.92 Å². The molecule has 0 saturated heterocycles. The maximum atomic E-state index is 13.2. The van der Waals surface area contributed by atoms with Gasteiger partial charge in [0.05, 0.1) is 7.11 Å². The van der Waals surface area contributed by atoms with E-state index in [9.17, 15) is 4.79 Å². The Kier molecular flexibility index (Phi) is 4.62. The van der Waals surface area contributed by atoms with Gasteiger partial charge in [-0.1, -0.05) is 36.4 Å². The van der Waals surface area contributed by atoms with Crippen LogP contribution in [0, 0.1) is 5.92 Å². The molecule has 0 spiro atoms. The highest BCUT2D eigenvalue weighted by Crippen LogP contribution is 2.34. The molecular formula is C25H26N2O2. The van der Waals surface area contributed by atoms with E-state index in [0.29, 0.717) is 5.91 Å². The molecule has 0 radical (unpaired) electrons. The number of nitrogens with zero attached hydrogens (tertiary/aromatic N) is 1. The van der Waals surface area contributed by atoms with Gasteiger partial charge in [-0.15, -0.1) is 0 Å². The van der Waals surface area contributed by atoms with Crippen LogP contribution >= 0.6 is 0 Å². The summed E-state index contributed by atoms with van der Waals surface area (Å²) in [4.78, 5) is 18.8. The Morgan fingerprint density at radius 1 is 1.14 bits per heavy atom. The zero-order valence-corrected chi connectivity index (χ0v) is 16.8. The number of rotatable bonds is 3. The summed E-state index contributed by atoms with van der Waals surface area (Å²) in [6, 6.07) is 16.7. The van der Waals surface area contributed by atoms with Crippen LogP contribution in [0.5, 0.6) is 5.75 Å². The van der Waals surface area contributed by atoms with E-state index in [0.717, 1.165) is 50.0 Å². The Hall–Kier alpha value is -3.01. The van der Waals surface area contributed by atoms with Gasteiger partial charge >= 0.3 is 0 Å². The molecule has 29 heavy (non-hydrogen) atoms. The van der Waals surface area contributed by atoms with Crippen molar-refractivity contribution < 1.29 is 9.53 Å². The van der Waals surface area contributed by atoms with E-state index < -0.39 is 0 Å². The summed E-state index contributed by atoms with van der Waals surface area (Å²) in [5, 5.41) is 1.23. The number of hydrogen-bond acceptors (Lipinski definition) is 2. The van der Waals surface area contributed by atoms with Crippen LogP contribution in [0.15, 0.2) is 54.6 Å².